The number of nitrogens with zero attached hydrogens (tertiary/aromatic N) is 2. The minimum Gasteiger partial charge on any atom is -0.496 e. The third-order valence-electron chi connectivity index (χ3n) is 5.86. The third kappa shape index (κ3) is 6.44. The molecule has 0 spiro atoms. The molecule has 4 nitrogen and oxygen atoms in total. The first-order chi connectivity index (χ1) is 14.9. The summed E-state index contributed by atoms with van der Waals surface area (Å²) in [5, 5.41) is 0. The number of carbonyl (C=O) groups is 1. The molecule has 0 saturated heterocycles. The van der Waals surface area contributed by atoms with Gasteiger partial charge in [-0.05, 0) is 56.7 Å². The molecular formula is C27H40N2O2. The van der Waals surface area contributed by atoms with Crippen molar-refractivity contribution in [3.8, 4) is 5.75 Å². The summed E-state index contributed by atoms with van der Waals surface area (Å²) < 4.78 is 5.34. The number of rotatable bonds is 6. The van der Waals surface area contributed by atoms with Gasteiger partial charge in [0.25, 0.3) is 5.91 Å². The van der Waals surface area contributed by atoms with Crippen LogP contribution in [0, 0.1) is 0 Å². The van der Waals surface area contributed by atoms with Crippen LogP contribution in [-0.2, 0) is 5.41 Å². The van der Waals surface area contributed by atoms with E-state index in [9.17, 15) is 4.79 Å². The number of carbonyl (C=O) groups excluding carboxylic acids is 1. The summed E-state index contributed by atoms with van der Waals surface area (Å²) in [7, 11) is 3.74. The first-order valence-electron chi connectivity index (χ1n) is 11.1. The van der Waals surface area contributed by atoms with Crippen LogP contribution in [0.5, 0.6) is 5.75 Å². The zero-order valence-electron chi connectivity index (χ0n) is 20.3. The predicted octanol–water partition coefficient (Wildman–Crippen LogP) is 6.17. The number of hydrogen-bond acceptors (Lipinski definition) is 3. The summed E-state index contributed by atoms with van der Waals surface area (Å²) in [5.41, 5.74) is 2.89. The molecule has 0 aromatic heterocycles. The second-order valence-corrected chi connectivity index (χ2v) is 7.92. The molecule has 31 heavy (non-hydrogen) atoms. The van der Waals surface area contributed by atoms with E-state index in [1.54, 1.807) is 7.11 Å². The minimum atomic E-state index is 0.00192. The first kappa shape index (κ1) is 26.4. The van der Waals surface area contributed by atoms with Crippen molar-refractivity contribution < 1.29 is 9.53 Å². The van der Waals surface area contributed by atoms with Crippen molar-refractivity contribution in [3.63, 3.8) is 0 Å². The average molecular weight is 425 g/mol. The van der Waals surface area contributed by atoms with Gasteiger partial charge in [0.1, 0.15) is 5.75 Å². The molecule has 0 radical (unpaired) electrons. The number of para-hydroxylation sites is 2. The van der Waals surface area contributed by atoms with Crippen LogP contribution in [0.2, 0.25) is 0 Å². The summed E-state index contributed by atoms with van der Waals surface area (Å²) in [6.45, 7) is 17.9. The largest absolute Gasteiger partial charge is 0.496 e. The van der Waals surface area contributed by atoms with Crippen molar-refractivity contribution in [2.24, 2.45) is 0 Å². The lowest BCUT2D eigenvalue weighted by molar-refractivity contribution is 0.0982. The Kier molecular flexibility index (Phi) is 11.1. The molecule has 0 fully saturated rings. The number of hydrogen-bond donors (Lipinski definition) is 0. The lowest BCUT2D eigenvalue weighted by Crippen LogP contribution is -2.35. The van der Waals surface area contributed by atoms with Gasteiger partial charge >= 0.3 is 0 Å². The Morgan fingerprint density at radius 1 is 1.10 bits per heavy atom. The topological polar surface area (TPSA) is 32.8 Å². The molecule has 3 rings (SSSR count). The lowest BCUT2D eigenvalue weighted by Gasteiger charge is -2.24. The van der Waals surface area contributed by atoms with Crippen LogP contribution >= 0.6 is 0 Å². The highest BCUT2D eigenvalue weighted by atomic mass is 16.5. The normalized spacial score (nSPS) is 16.5. The molecule has 0 saturated carbocycles. The van der Waals surface area contributed by atoms with Gasteiger partial charge in [0, 0.05) is 17.6 Å². The van der Waals surface area contributed by atoms with Gasteiger partial charge in [-0.25, -0.2) is 0 Å². The lowest BCUT2D eigenvalue weighted by atomic mass is 9.82. The van der Waals surface area contributed by atoms with Gasteiger partial charge in [-0.1, -0.05) is 58.0 Å². The molecule has 4 heteroatoms. The molecule has 2 aromatic carbocycles. The van der Waals surface area contributed by atoms with Crippen LogP contribution in [0.15, 0.2) is 61.7 Å². The highest BCUT2D eigenvalue weighted by Gasteiger charge is 2.40. The molecule has 2 aromatic rings. The summed E-state index contributed by atoms with van der Waals surface area (Å²) >= 11 is 0. The van der Waals surface area contributed by atoms with Crippen LogP contribution in [0.3, 0.4) is 0 Å². The predicted molar refractivity (Wildman–Crippen MR) is 133 cm³/mol. The highest BCUT2D eigenvalue weighted by Crippen LogP contribution is 2.43. The Hall–Kier alpha value is -2.59. The number of ether oxygens (including phenoxy) is 1. The molecule has 1 unspecified atom stereocenters. The Balaban J connectivity index is 0.000000457. The van der Waals surface area contributed by atoms with E-state index in [4.69, 9.17) is 4.74 Å². The van der Waals surface area contributed by atoms with Crippen molar-refractivity contribution in [2.75, 3.05) is 38.7 Å². The number of anilines is 1. The van der Waals surface area contributed by atoms with E-state index in [2.05, 4.69) is 58.9 Å². The average Bonchev–Trinajstić information content (AvgIpc) is 3.14. The second-order valence-electron chi connectivity index (χ2n) is 7.92. The van der Waals surface area contributed by atoms with Crippen LogP contribution < -0.4 is 9.64 Å². The van der Waals surface area contributed by atoms with Gasteiger partial charge in [0.05, 0.1) is 12.7 Å². The fraction of sp³-hybridized carbons (Fsp3) is 0.444. The minimum absolute atomic E-state index is 0.00192. The summed E-state index contributed by atoms with van der Waals surface area (Å²) in [6.07, 6.45) is 2.27. The molecule has 1 aliphatic heterocycles. The third-order valence-corrected chi connectivity index (χ3v) is 5.86. The SMILES string of the molecule is C=C.CCC1(C)CN(C(=O)c2ccccc2OC)c2ccccc21.CCCN(C)CC. The number of methoxy groups -OCH3 is 1. The van der Waals surface area contributed by atoms with E-state index in [-0.39, 0.29) is 11.3 Å². The molecular weight excluding hydrogens is 384 g/mol. The van der Waals surface area contributed by atoms with Crippen LogP contribution in [-0.4, -0.2) is 44.6 Å². The van der Waals surface area contributed by atoms with E-state index in [1.807, 2.05) is 47.4 Å². The molecule has 170 valence electrons. The molecule has 0 N–H and O–H groups in total. The van der Waals surface area contributed by atoms with Crippen LogP contribution in [0.25, 0.3) is 0 Å². The van der Waals surface area contributed by atoms with Gasteiger partial charge in [0.2, 0.25) is 0 Å². The second kappa shape index (κ2) is 13.0. The van der Waals surface area contributed by atoms with Crippen molar-refractivity contribution in [3.05, 3.63) is 72.8 Å². The van der Waals surface area contributed by atoms with E-state index >= 15 is 0 Å². The fourth-order valence-corrected chi connectivity index (χ4v) is 3.73. The van der Waals surface area contributed by atoms with Gasteiger partial charge < -0.3 is 14.5 Å². The Morgan fingerprint density at radius 2 is 1.71 bits per heavy atom. The summed E-state index contributed by atoms with van der Waals surface area (Å²) in [6, 6.07) is 15.6. The standard InChI is InChI=1S/C19H21NO2.C6H15N.C2H4/c1-4-19(2)13-20(16-11-7-6-10-15(16)19)18(21)14-9-5-8-12-17(14)22-3;1-4-6-7(3)5-2;1-2/h5-12H,4,13H2,1-3H3;4-6H2,1-3H3;1-2H2. The summed E-state index contributed by atoms with van der Waals surface area (Å²) in [5.74, 6) is 0.622. The first-order valence-corrected chi connectivity index (χ1v) is 11.1. The molecule has 1 heterocycles. The zero-order chi connectivity index (χ0) is 23.4. The van der Waals surface area contributed by atoms with Crippen molar-refractivity contribution in [2.45, 2.75) is 46.0 Å². The Morgan fingerprint density at radius 3 is 2.26 bits per heavy atom. The number of amides is 1. The van der Waals surface area contributed by atoms with Crippen LogP contribution in [0.1, 0.15) is 56.5 Å². The van der Waals surface area contributed by atoms with E-state index in [0.717, 1.165) is 12.1 Å². The van der Waals surface area contributed by atoms with Gasteiger partial charge in [-0.3, -0.25) is 4.79 Å². The Labute approximate surface area is 189 Å². The maximum absolute atomic E-state index is 13.0. The molecule has 1 amide bonds. The zero-order valence-corrected chi connectivity index (χ0v) is 20.3. The molecule has 0 aliphatic carbocycles. The van der Waals surface area contributed by atoms with Gasteiger partial charge in [0.15, 0.2) is 0 Å². The molecule has 0 bridgehead atoms. The smallest absolute Gasteiger partial charge is 0.262 e. The van der Waals surface area contributed by atoms with E-state index < -0.39 is 0 Å². The number of fused-ring (bicyclic) bond motifs is 1. The van der Waals surface area contributed by atoms with Crippen molar-refractivity contribution in [1.29, 1.82) is 0 Å². The molecule has 1 atom stereocenters. The van der Waals surface area contributed by atoms with Crippen molar-refractivity contribution in [1.82, 2.24) is 4.90 Å². The number of benzene rings is 2. The van der Waals surface area contributed by atoms with Gasteiger partial charge in [-0.15, -0.1) is 13.2 Å². The van der Waals surface area contributed by atoms with Crippen molar-refractivity contribution >= 4 is 11.6 Å². The maximum Gasteiger partial charge on any atom is 0.262 e. The Bertz CT molecular complexity index is 820. The van der Waals surface area contributed by atoms with E-state index in [0.29, 0.717) is 17.9 Å². The quantitative estimate of drug-likeness (QED) is 0.520. The maximum atomic E-state index is 13.0. The van der Waals surface area contributed by atoms with Crippen LogP contribution in [0.4, 0.5) is 5.69 Å². The monoisotopic (exact) mass is 424 g/mol. The highest BCUT2D eigenvalue weighted by molar-refractivity contribution is 6.09. The van der Waals surface area contributed by atoms with E-state index in [1.165, 1.54) is 25.1 Å². The fourth-order valence-electron chi connectivity index (χ4n) is 3.73. The van der Waals surface area contributed by atoms with Gasteiger partial charge in [-0.2, -0.15) is 0 Å². The summed E-state index contributed by atoms with van der Waals surface area (Å²) in [4.78, 5) is 17.2. The molecule has 1 aliphatic rings.